The van der Waals surface area contributed by atoms with E-state index in [-0.39, 0.29) is 16.9 Å². The van der Waals surface area contributed by atoms with Gasteiger partial charge in [0.1, 0.15) is 12.1 Å². The normalized spacial score (nSPS) is 15.3. The molecule has 0 saturated carbocycles. The van der Waals surface area contributed by atoms with E-state index in [1.165, 1.54) is 43.3 Å². The maximum absolute atomic E-state index is 13.6. The predicted molar refractivity (Wildman–Crippen MR) is 108 cm³/mol. The fourth-order valence-corrected chi connectivity index (χ4v) is 3.68. The van der Waals surface area contributed by atoms with E-state index < -0.39 is 46.7 Å². The van der Waals surface area contributed by atoms with Crippen LogP contribution in [0.15, 0.2) is 53.4 Å². The number of hydrogen-bond donors (Lipinski definition) is 2. The second-order valence-electron chi connectivity index (χ2n) is 7.45. The molecular formula is C21H23F4NO4S. The number of benzene rings is 2. The lowest BCUT2D eigenvalue weighted by molar-refractivity contribution is -0.163. The minimum atomic E-state index is -4.77. The summed E-state index contributed by atoms with van der Waals surface area (Å²) in [6.07, 6.45) is -3.99. The van der Waals surface area contributed by atoms with Crippen LogP contribution in [-0.2, 0) is 14.6 Å². The Hall–Kier alpha value is -2.46. The number of alkyl halides is 4. The first-order chi connectivity index (χ1) is 14.3. The summed E-state index contributed by atoms with van der Waals surface area (Å²) in [5.41, 5.74) is 0.976. The van der Waals surface area contributed by atoms with Gasteiger partial charge in [-0.3, -0.25) is 14.5 Å². The number of sulfone groups is 1. The van der Waals surface area contributed by atoms with E-state index in [0.717, 1.165) is 6.26 Å². The van der Waals surface area contributed by atoms with Gasteiger partial charge < -0.3 is 5.11 Å². The van der Waals surface area contributed by atoms with Crippen LogP contribution in [0.1, 0.15) is 24.9 Å². The number of carbonyl (C=O) groups is 1. The van der Waals surface area contributed by atoms with Crippen molar-refractivity contribution in [3.05, 3.63) is 54.1 Å². The van der Waals surface area contributed by atoms with E-state index in [1.807, 2.05) is 0 Å². The molecule has 2 aromatic carbocycles. The van der Waals surface area contributed by atoms with Crippen molar-refractivity contribution in [2.45, 2.75) is 36.5 Å². The van der Waals surface area contributed by atoms with E-state index in [4.69, 9.17) is 0 Å². The summed E-state index contributed by atoms with van der Waals surface area (Å²) in [4.78, 5) is 11.5. The molecule has 0 aliphatic carbocycles. The fraction of sp³-hybridized carbons (Fsp3) is 0.381. The molecule has 0 aromatic heterocycles. The van der Waals surface area contributed by atoms with Crippen molar-refractivity contribution in [2.24, 2.45) is 5.92 Å². The van der Waals surface area contributed by atoms with Crippen molar-refractivity contribution in [1.29, 1.82) is 0 Å². The van der Waals surface area contributed by atoms with Crippen molar-refractivity contribution in [3.8, 4) is 11.1 Å². The van der Waals surface area contributed by atoms with Crippen molar-refractivity contribution in [1.82, 2.24) is 5.32 Å². The summed E-state index contributed by atoms with van der Waals surface area (Å²) in [5.74, 6) is -2.20. The van der Waals surface area contributed by atoms with Gasteiger partial charge in [0.15, 0.2) is 9.84 Å². The topological polar surface area (TPSA) is 83.5 Å². The summed E-state index contributed by atoms with van der Waals surface area (Å²) in [6.45, 7) is 0.582. The van der Waals surface area contributed by atoms with Crippen molar-refractivity contribution >= 4 is 15.8 Å². The Labute approximate surface area is 178 Å². The second-order valence-corrected chi connectivity index (χ2v) is 9.46. The van der Waals surface area contributed by atoms with Gasteiger partial charge in [-0.25, -0.2) is 8.42 Å². The molecule has 170 valence electrons. The number of carboxylic acid groups (broad SMARTS) is 1. The van der Waals surface area contributed by atoms with Crippen LogP contribution in [0, 0.1) is 5.92 Å². The monoisotopic (exact) mass is 461 g/mol. The van der Waals surface area contributed by atoms with Crippen LogP contribution in [0.5, 0.6) is 0 Å². The lowest BCUT2D eigenvalue weighted by atomic mass is 9.98. The van der Waals surface area contributed by atoms with Crippen LogP contribution in [-0.4, -0.2) is 44.6 Å². The molecule has 0 aliphatic rings. The van der Waals surface area contributed by atoms with Crippen LogP contribution in [0.4, 0.5) is 17.6 Å². The average Bonchev–Trinajstić information content (AvgIpc) is 2.69. The van der Waals surface area contributed by atoms with Crippen LogP contribution in [0.3, 0.4) is 0 Å². The molecule has 0 aliphatic heterocycles. The quantitative estimate of drug-likeness (QED) is 0.541. The van der Waals surface area contributed by atoms with Gasteiger partial charge in [0.2, 0.25) is 0 Å². The molecule has 3 atom stereocenters. The summed E-state index contributed by atoms with van der Waals surface area (Å²) in [7, 11) is -3.37. The van der Waals surface area contributed by atoms with Gasteiger partial charge in [-0.2, -0.15) is 13.2 Å². The zero-order valence-electron chi connectivity index (χ0n) is 16.9. The number of rotatable bonds is 9. The Kier molecular flexibility index (Phi) is 7.82. The minimum Gasteiger partial charge on any atom is -0.480 e. The van der Waals surface area contributed by atoms with Gasteiger partial charge in [-0.1, -0.05) is 43.3 Å². The molecule has 2 unspecified atom stereocenters. The maximum Gasteiger partial charge on any atom is 0.407 e. The highest BCUT2D eigenvalue weighted by atomic mass is 32.2. The predicted octanol–water partition coefficient (Wildman–Crippen LogP) is 4.40. The van der Waals surface area contributed by atoms with Crippen molar-refractivity contribution in [3.63, 3.8) is 0 Å². The van der Waals surface area contributed by atoms with E-state index in [2.05, 4.69) is 5.32 Å². The van der Waals surface area contributed by atoms with Gasteiger partial charge in [0, 0.05) is 6.26 Å². The zero-order valence-corrected chi connectivity index (χ0v) is 17.7. The Morgan fingerprint density at radius 1 is 1.03 bits per heavy atom. The van der Waals surface area contributed by atoms with Crippen LogP contribution >= 0.6 is 0 Å². The van der Waals surface area contributed by atoms with E-state index in [0.29, 0.717) is 11.1 Å². The van der Waals surface area contributed by atoms with Gasteiger partial charge in [0.25, 0.3) is 0 Å². The zero-order chi connectivity index (χ0) is 23.4. The minimum absolute atomic E-state index is 0.122. The lowest BCUT2D eigenvalue weighted by Crippen LogP contribution is -2.45. The first-order valence-electron chi connectivity index (χ1n) is 9.35. The highest BCUT2D eigenvalue weighted by Crippen LogP contribution is 2.34. The van der Waals surface area contributed by atoms with Crippen molar-refractivity contribution in [2.75, 3.05) is 12.9 Å². The Morgan fingerprint density at radius 2 is 1.52 bits per heavy atom. The molecule has 0 bridgehead atoms. The average molecular weight is 461 g/mol. The Balaban J connectivity index is 2.29. The highest BCUT2D eigenvalue weighted by molar-refractivity contribution is 7.90. The molecule has 0 radical (unpaired) electrons. The van der Waals surface area contributed by atoms with Gasteiger partial charge >= 0.3 is 12.1 Å². The van der Waals surface area contributed by atoms with E-state index in [1.54, 1.807) is 12.1 Å². The SMILES string of the molecule is CC(CF)CC(N[C@@H](c1ccc(-c2ccc(S(C)(=O)=O)cc2)cc1)C(F)(F)F)C(=O)O. The number of nitrogens with one attached hydrogen (secondary N) is 1. The second kappa shape index (κ2) is 9.78. The molecule has 2 N–H and O–H groups in total. The highest BCUT2D eigenvalue weighted by Gasteiger charge is 2.43. The molecule has 0 heterocycles. The Morgan fingerprint density at radius 3 is 1.90 bits per heavy atom. The first-order valence-corrected chi connectivity index (χ1v) is 11.2. The van der Waals surface area contributed by atoms with Gasteiger partial charge in [-0.05, 0) is 41.2 Å². The fourth-order valence-electron chi connectivity index (χ4n) is 3.05. The molecular weight excluding hydrogens is 438 g/mol. The van der Waals surface area contributed by atoms with Gasteiger partial charge in [-0.15, -0.1) is 0 Å². The Bertz CT molecular complexity index is 990. The van der Waals surface area contributed by atoms with Crippen molar-refractivity contribution < 1.29 is 35.9 Å². The number of hydrogen-bond acceptors (Lipinski definition) is 4. The molecule has 5 nitrogen and oxygen atoms in total. The van der Waals surface area contributed by atoms with Gasteiger partial charge in [0.05, 0.1) is 11.6 Å². The number of halogens is 4. The smallest absolute Gasteiger partial charge is 0.407 e. The van der Waals surface area contributed by atoms with Crippen LogP contribution < -0.4 is 5.32 Å². The number of aliphatic carboxylic acids is 1. The third-order valence-electron chi connectivity index (χ3n) is 4.75. The van der Waals surface area contributed by atoms with Crippen LogP contribution in [0.2, 0.25) is 0 Å². The summed E-state index contributed by atoms with van der Waals surface area (Å²) < 4.78 is 76.7. The molecule has 2 rings (SSSR count). The largest absolute Gasteiger partial charge is 0.480 e. The summed E-state index contributed by atoms with van der Waals surface area (Å²) >= 11 is 0. The molecule has 31 heavy (non-hydrogen) atoms. The molecule has 0 amide bonds. The molecule has 2 aromatic rings. The lowest BCUT2D eigenvalue weighted by Gasteiger charge is -2.27. The summed E-state index contributed by atoms with van der Waals surface area (Å²) in [5, 5.41) is 11.4. The van der Waals surface area contributed by atoms with E-state index in [9.17, 15) is 35.9 Å². The van der Waals surface area contributed by atoms with E-state index >= 15 is 0 Å². The first kappa shape index (κ1) is 24.8. The number of carboxylic acids is 1. The maximum atomic E-state index is 13.6. The molecule has 0 spiro atoms. The molecule has 10 heteroatoms. The standard InChI is InChI=1S/C21H23F4NO4S/c1-13(12-22)11-18(20(27)28)26-19(21(23,24)25)16-5-3-14(4-6-16)15-7-9-17(10-8-15)31(2,29)30/h3-10,13,18-19,26H,11-12H2,1-2H3,(H,27,28)/t13?,18?,19-/m0/s1. The third kappa shape index (κ3) is 6.76. The third-order valence-corrected chi connectivity index (χ3v) is 5.88. The van der Waals surface area contributed by atoms with Crippen LogP contribution in [0.25, 0.3) is 11.1 Å². The molecule has 0 fully saturated rings. The molecule has 0 saturated heterocycles. The summed E-state index contributed by atoms with van der Waals surface area (Å²) in [6, 6.07) is 7.40.